The van der Waals surface area contributed by atoms with Crippen molar-refractivity contribution in [2.24, 2.45) is 0 Å². The second-order valence-corrected chi connectivity index (χ2v) is 7.23. The van der Waals surface area contributed by atoms with Crippen molar-refractivity contribution in [3.63, 3.8) is 0 Å². The minimum absolute atomic E-state index is 0.264. The summed E-state index contributed by atoms with van der Waals surface area (Å²) in [5.74, 6) is 0.264. The first-order chi connectivity index (χ1) is 14.4. The first-order valence-electron chi connectivity index (χ1n) is 9.50. The molecule has 1 fully saturated rings. The molecule has 30 heavy (non-hydrogen) atoms. The van der Waals surface area contributed by atoms with Crippen molar-refractivity contribution in [1.82, 2.24) is 0 Å². The van der Waals surface area contributed by atoms with E-state index in [0.717, 1.165) is 5.56 Å². The summed E-state index contributed by atoms with van der Waals surface area (Å²) in [6, 6.07) is 14.2. The Labute approximate surface area is 171 Å². The zero-order valence-electron chi connectivity index (χ0n) is 16.1. The smallest absolute Gasteiger partial charge is 0.336 e. The van der Waals surface area contributed by atoms with Gasteiger partial charge in [-0.05, 0) is 30.2 Å². The fraction of sp³-hybridized carbons (Fsp3) is 0.318. The van der Waals surface area contributed by atoms with Crippen LogP contribution >= 0.6 is 0 Å². The van der Waals surface area contributed by atoms with Crippen LogP contribution in [-0.2, 0) is 4.74 Å². The second-order valence-electron chi connectivity index (χ2n) is 7.23. The molecule has 0 unspecified atom stereocenters. The summed E-state index contributed by atoms with van der Waals surface area (Å²) < 4.78 is 16.5. The van der Waals surface area contributed by atoms with Crippen LogP contribution in [-0.4, -0.2) is 57.7 Å². The number of aryl methyl sites for hydroxylation is 1. The molecule has 1 aliphatic heterocycles. The molecule has 1 aromatic heterocycles. The number of hydrogen-bond acceptors (Lipinski definition) is 8. The Morgan fingerprint density at radius 2 is 1.73 bits per heavy atom. The Morgan fingerprint density at radius 1 is 1.00 bits per heavy atom. The first-order valence-corrected chi connectivity index (χ1v) is 9.50. The van der Waals surface area contributed by atoms with Gasteiger partial charge in [0.2, 0.25) is 6.29 Å². The monoisotopic (exact) mass is 414 g/mol. The van der Waals surface area contributed by atoms with E-state index in [1.165, 1.54) is 6.07 Å². The van der Waals surface area contributed by atoms with Gasteiger partial charge in [-0.3, -0.25) is 0 Å². The van der Waals surface area contributed by atoms with Crippen molar-refractivity contribution in [2.75, 3.05) is 6.61 Å². The number of hydrogen-bond donors (Lipinski definition) is 4. The van der Waals surface area contributed by atoms with Gasteiger partial charge < -0.3 is 34.3 Å². The van der Waals surface area contributed by atoms with Crippen molar-refractivity contribution in [2.45, 2.75) is 37.6 Å². The predicted molar refractivity (Wildman–Crippen MR) is 107 cm³/mol. The van der Waals surface area contributed by atoms with E-state index in [-0.39, 0.29) is 5.75 Å². The van der Waals surface area contributed by atoms with E-state index in [1.807, 2.05) is 30.3 Å². The van der Waals surface area contributed by atoms with Gasteiger partial charge in [-0.1, -0.05) is 30.3 Å². The lowest BCUT2D eigenvalue weighted by atomic mass is 9.99. The highest BCUT2D eigenvalue weighted by molar-refractivity contribution is 5.95. The Hall–Kier alpha value is -2.75. The van der Waals surface area contributed by atoms with E-state index in [4.69, 9.17) is 13.9 Å². The molecule has 4 rings (SSSR count). The first kappa shape index (κ1) is 20.5. The Balaban J connectivity index is 1.73. The van der Waals surface area contributed by atoms with Gasteiger partial charge in [0.1, 0.15) is 35.7 Å². The highest BCUT2D eigenvalue weighted by Crippen LogP contribution is 2.34. The number of aliphatic hydroxyl groups is 4. The van der Waals surface area contributed by atoms with E-state index < -0.39 is 42.9 Å². The summed E-state index contributed by atoms with van der Waals surface area (Å²) in [6.45, 7) is 1.14. The van der Waals surface area contributed by atoms with E-state index in [2.05, 4.69) is 0 Å². The summed E-state index contributed by atoms with van der Waals surface area (Å²) in [7, 11) is 0. The van der Waals surface area contributed by atoms with Crippen LogP contribution in [0.1, 0.15) is 5.56 Å². The Kier molecular flexibility index (Phi) is 5.59. The van der Waals surface area contributed by atoms with Gasteiger partial charge in [-0.2, -0.15) is 0 Å². The van der Waals surface area contributed by atoms with Gasteiger partial charge in [0.25, 0.3) is 0 Å². The highest BCUT2D eigenvalue weighted by Gasteiger charge is 2.44. The number of ether oxygens (including phenoxy) is 2. The third-order valence-corrected chi connectivity index (χ3v) is 5.29. The van der Waals surface area contributed by atoms with Gasteiger partial charge in [0, 0.05) is 17.0 Å². The van der Waals surface area contributed by atoms with E-state index in [9.17, 15) is 25.2 Å². The molecule has 0 amide bonds. The zero-order chi connectivity index (χ0) is 21.4. The summed E-state index contributed by atoms with van der Waals surface area (Å²) in [4.78, 5) is 12.2. The molecule has 0 spiro atoms. The average Bonchev–Trinajstić information content (AvgIpc) is 2.76. The Bertz CT molecular complexity index is 1090. The fourth-order valence-electron chi connectivity index (χ4n) is 3.62. The lowest BCUT2D eigenvalue weighted by Crippen LogP contribution is -2.60. The standard InChI is InChI=1S/C22H22O8/c1-11-15(28-22-20(27)19(26)18(25)16(10-23)29-22)8-7-13-14(9-17(24)30-21(11)13)12-5-3-2-4-6-12/h2-9,16,18-20,22-23,25-27H,10H2,1H3/t16-,18-,19+,20-,22+/m1/s1. The van der Waals surface area contributed by atoms with Crippen LogP contribution < -0.4 is 10.4 Å². The van der Waals surface area contributed by atoms with Crippen molar-refractivity contribution in [3.8, 4) is 16.9 Å². The molecule has 8 nitrogen and oxygen atoms in total. The van der Waals surface area contributed by atoms with E-state index in [0.29, 0.717) is 22.1 Å². The maximum atomic E-state index is 12.2. The molecular formula is C22H22O8. The third kappa shape index (κ3) is 3.60. The van der Waals surface area contributed by atoms with Gasteiger partial charge in [0.05, 0.1) is 6.61 Å². The van der Waals surface area contributed by atoms with Gasteiger partial charge in [-0.15, -0.1) is 0 Å². The Morgan fingerprint density at radius 3 is 2.43 bits per heavy atom. The van der Waals surface area contributed by atoms with Gasteiger partial charge in [-0.25, -0.2) is 4.79 Å². The zero-order valence-corrected chi connectivity index (χ0v) is 16.1. The number of aliphatic hydroxyl groups excluding tert-OH is 4. The van der Waals surface area contributed by atoms with Crippen molar-refractivity contribution in [3.05, 3.63) is 64.5 Å². The minimum atomic E-state index is -1.55. The molecule has 0 bridgehead atoms. The molecule has 0 radical (unpaired) electrons. The van der Waals surface area contributed by atoms with Crippen LogP contribution in [0.2, 0.25) is 0 Å². The molecule has 3 aromatic rings. The van der Waals surface area contributed by atoms with Crippen molar-refractivity contribution < 1.29 is 34.3 Å². The van der Waals surface area contributed by atoms with Crippen LogP contribution in [0.4, 0.5) is 0 Å². The SMILES string of the molecule is Cc1c(O[C@H]2O[C@H](CO)[C@@H](O)[C@H](O)[C@H]2O)ccc2c(-c3ccccc3)cc(=O)oc12. The van der Waals surface area contributed by atoms with Crippen LogP contribution in [0, 0.1) is 6.92 Å². The maximum absolute atomic E-state index is 12.2. The molecule has 2 aromatic carbocycles. The van der Waals surface area contributed by atoms with Crippen LogP contribution in [0.5, 0.6) is 5.75 Å². The highest BCUT2D eigenvalue weighted by atomic mass is 16.7. The van der Waals surface area contributed by atoms with Crippen molar-refractivity contribution >= 4 is 11.0 Å². The lowest BCUT2D eigenvalue weighted by molar-refractivity contribution is -0.277. The van der Waals surface area contributed by atoms with E-state index >= 15 is 0 Å². The molecule has 0 saturated carbocycles. The van der Waals surface area contributed by atoms with E-state index in [1.54, 1.807) is 19.1 Å². The molecule has 158 valence electrons. The molecule has 4 N–H and O–H groups in total. The topological polar surface area (TPSA) is 130 Å². The summed E-state index contributed by atoms with van der Waals surface area (Å²) in [5, 5.41) is 40.1. The third-order valence-electron chi connectivity index (χ3n) is 5.29. The fourth-order valence-corrected chi connectivity index (χ4v) is 3.62. The molecule has 2 heterocycles. The average molecular weight is 414 g/mol. The molecule has 8 heteroatoms. The summed E-state index contributed by atoms with van der Waals surface area (Å²) in [5.41, 5.74) is 1.87. The summed E-state index contributed by atoms with van der Waals surface area (Å²) in [6.07, 6.45) is -6.99. The molecular weight excluding hydrogens is 392 g/mol. The van der Waals surface area contributed by atoms with Gasteiger partial charge >= 0.3 is 5.63 Å². The largest absolute Gasteiger partial charge is 0.462 e. The quantitative estimate of drug-likeness (QED) is 0.465. The number of fused-ring (bicyclic) bond motifs is 1. The molecule has 1 aliphatic rings. The molecule has 0 aliphatic carbocycles. The molecule has 5 atom stereocenters. The lowest BCUT2D eigenvalue weighted by Gasteiger charge is -2.39. The summed E-state index contributed by atoms with van der Waals surface area (Å²) >= 11 is 0. The van der Waals surface area contributed by atoms with Crippen LogP contribution in [0.3, 0.4) is 0 Å². The normalized spacial score (nSPS) is 26.6. The predicted octanol–water partition coefficient (Wildman–Crippen LogP) is 0.947. The molecule has 1 saturated heterocycles. The number of rotatable bonds is 4. The number of benzene rings is 2. The van der Waals surface area contributed by atoms with Gasteiger partial charge in [0.15, 0.2) is 0 Å². The van der Waals surface area contributed by atoms with Crippen LogP contribution in [0.25, 0.3) is 22.1 Å². The van der Waals surface area contributed by atoms with Crippen molar-refractivity contribution in [1.29, 1.82) is 0 Å². The second kappa shape index (κ2) is 8.17. The van der Waals surface area contributed by atoms with Crippen LogP contribution in [0.15, 0.2) is 57.7 Å². The maximum Gasteiger partial charge on any atom is 0.336 e. The minimum Gasteiger partial charge on any atom is -0.462 e.